The molecule has 0 nitrogen and oxygen atoms in total. The van der Waals surface area contributed by atoms with Gasteiger partial charge in [-0.3, -0.25) is 0 Å². The van der Waals surface area contributed by atoms with Crippen molar-refractivity contribution in [2.45, 2.75) is 89.1 Å². The Morgan fingerprint density at radius 3 is 2.10 bits per heavy atom. The zero-order valence-electron chi connectivity index (χ0n) is 17.5. The maximum atomic E-state index is 14.2. The van der Waals surface area contributed by atoms with Crippen LogP contribution in [0.1, 0.15) is 75.3 Å². The summed E-state index contributed by atoms with van der Waals surface area (Å²) in [6.45, 7) is 2.22. The third-order valence-corrected chi connectivity index (χ3v) is 10.1. The molecule has 0 spiro atoms. The Bertz CT molecular complexity index is 648. The van der Waals surface area contributed by atoms with Gasteiger partial charge in [0, 0.05) is 12.0 Å². The number of alkyl halides is 2. The average molecular weight is 427 g/mol. The van der Waals surface area contributed by atoms with Crippen molar-refractivity contribution in [2.24, 2.45) is 11.8 Å². The number of hydrogen-bond acceptors (Lipinski definition) is 0. The molecule has 0 amide bonds. The quantitative estimate of drug-likeness (QED) is 0.311. The van der Waals surface area contributed by atoms with Gasteiger partial charge in [-0.15, -0.1) is 5.70 Å². The third kappa shape index (κ3) is 6.19. The van der Waals surface area contributed by atoms with Crippen molar-refractivity contribution in [1.29, 1.82) is 0 Å². The Labute approximate surface area is 174 Å². The summed E-state index contributed by atoms with van der Waals surface area (Å²) >= 11 is 0. The first-order valence-electron chi connectivity index (χ1n) is 11.4. The highest BCUT2D eigenvalue weighted by Gasteiger charge is 2.31. The fraction of sp³-hybridized carbons (Fsp3) is 0.667. The summed E-state index contributed by atoms with van der Waals surface area (Å²) in [5.74, 6) is 0.0805. The minimum atomic E-state index is -2.74. The molecule has 0 unspecified atom stereocenters. The van der Waals surface area contributed by atoms with Gasteiger partial charge in [0.1, 0.15) is 11.6 Å². The summed E-state index contributed by atoms with van der Waals surface area (Å²) in [5, 5.41) is 0. The van der Waals surface area contributed by atoms with Gasteiger partial charge in [0.25, 0.3) is 0 Å². The van der Waals surface area contributed by atoms with E-state index in [9.17, 15) is 17.6 Å². The molecule has 1 aromatic rings. The van der Waals surface area contributed by atoms with Crippen molar-refractivity contribution in [1.82, 2.24) is 0 Å². The van der Waals surface area contributed by atoms with E-state index in [1.54, 1.807) is 0 Å². The molecule has 0 N–H and O–H groups in total. The van der Waals surface area contributed by atoms with Gasteiger partial charge >= 0.3 is 0 Å². The molecule has 1 aliphatic carbocycles. The van der Waals surface area contributed by atoms with Gasteiger partial charge in [0.05, 0.1) is 8.80 Å². The first kappa shape index (κ1) is 22.6. The fourth-order valence-corrected chi connectivity index (χ4v) is 8.36. The Balaban J connectivity index is 1.51. The van der Waals surface area contributed by atoms with E-state index in [2.05, 4.69) is 18.7 Å². The highest BCUT2D eigenvalue weighted by Crippen LogP contribution is 2.43. The number of hydrogen-bond donors (Lipinski definition) is 0. The molecule has 0 bridgehead atoms. The van der Waals surface area contributed by atoms with Crippen molar-refractivity contribution in [3.63, 3.8) is 0 Å². The zero-order valence-corrected chi connectivity index (χ0v) is 18.6. The number of rotatable bonds is 7. The van der Waals surface area contributed by atoms with Gasteiger partial charge in [0.15, 0.2) is 0 Å². The molecule has 1 aliphatic heterocycles. The lowest BCUT2D eigenvalue weighted by molar-refractivity contribution is 0.146. The van der Waals surface area contributed by atoms with Crippen LogP contribution in [0.3, 0.4) is 0 Å². The maximum absolute atomic E-state index is 14.2. The molecule has 1 aromatic carbocycles. The van der Waals surface area contributed by atoms with Crippen molar-refractivity contribution < 1.29 is 17.6 Å². The lowest BCUT2D eigenvalue weighted by atomic mass is 9.72. The molecule has 3 rings (SSSR count). The standard InChI is InChI=1S/C24H34F4Si/c1-2-3-4-11-29-12-9-19(10-13-29)17-5-7-18(8-6-17)20-14-22(25)21(16-24(27)28)23(26)15-20/h4,11,14-15,17-19,24,29H,2-3,5-10,12-13,16H2,1H3/b11-4+. The van der Waals surface area contributed by atoms with Crippen LogP contribution in [-0.2, 0) is 6.42 Å². The van der Waals surface area contributed by atoms with Crippen LogP contribution in [0, 0.1) is 23.5 Å². The second-order valence-corrected chi connectivity index (χ2v) is 12.1. The molecule has 162 valence electrons. The molecule has 1 saturated carbocycles. The second kappa shape index (κ2) is 10.8. The van der Waals surface area contributed by atoms with Gasteiger partial charge < -0.3 is 0 Å². The maximum Gasteiger partial charge on any atom is 0.242 e. The lowest BCUT2D eigenvalue weighted by Crippen LogP contribution is -2.27. The predicted molar refractivity (Wildman–Crippen MR) is 114 cm³/mol. The van der Waals surface area contributed by atoms with Gasteiger partial charge in [-0.2, -0.15) is 0 Å². The molecule has 2 aliphatic rings. The number of unbranched alkanes of at least 4 members (excludes halogenated alkanes) is 1. The van der Waals surface area contributed by atoms with E-state index in [0.29, 0.717) is 5.56 Å². The molecule has 0 atom stereocenters. The summed E-state index contributed by atoms with van der Waals surface area (Å²) < 4.78 is 53.4. The van der Waals surface area contributed by atoms with Crippen LogP contribution in [0.2, 0.25) is 12.1 Å². The first-order valence-corrected chi connectivity index (χ1v) is 13.7. The van der Waals surface area contributed by atoms with Crippen LogP contribution in [-0.4, -0.2) is 15.2 Å². The Morgan fingerprint density at radius 2 is 1.55 bits per heavy atom. The normalized spacial score (nSPS) is 28.3. The minimum absolute atomic E-state index is 0.151. The smallest absolute Gasteiger partial charge is 0.210 e. The molecular formula is C24H34F4Si. The molecule has 29 heavy (non-hydrogen) atoms. The van der Waals surface area contributed by atoms with E-state index in [4.69, 9.17) is 0 Å². The van der Waals surface area contributed by atoms with Crippen LogP contribution in [0.4, 0.5) is 17.6 Å². The summed E-state index contributed by atoms with van der Waals surface area (Å²) in [7, 11) is -0.656. The van der Waals surface area contributed by atoms with Crippen LogP contribution in [0.5, 0.6) is 0 Å². The topological polar surface area (TPSA) is 0 Å². The summed E-state index contributed by atoms with van der Waals surface area (Å²) in [6, 6.07) is 5.44. The lowest BCUT2D eigenvalue weighted by Gasteiger charge is -2.37. The number of halogens is 4. The average Bonchev–Trinajstić information content (AvgIpc) is 2.71. The van der Waals surface area contributed by atoms with E-state index in [0.717, 1.165) is 37.5 Å². The van der Waals surface area contributed by atoms with Crippen LogP contribution < -0.4 is 0 Å². The molecular weight excluding hydrogens is 392 g/mol. The molecule has 0 aromatic heterocycles. The highest BCUT2D eigenvalue weighted by atomic mass is 28.3. The zero-order chi connectivity index (χ0) is 20.8. The Morgan fingerprint density at radius 1 is 0.966 bits per heavy atom. The summed E-state index contributed by atoms with van der Waals surface area (Å²) in [4.78, 5) is 0. The van der Waals surface area contributed by atoms with Gasteiger partial charge in [-0.1, -0.05) is 44.4 Å². The number of benzene rings is 1. The van der Waals surface area contributed by atoms with E-state index in [1.165, 1.54) is 49.9 Å². The molecule has 0 radical (unpaired) electrons. The van der Waals surface area contributed by atoms with Crippen LogP contribution in [0.15, 0.2) is 23.9 Å². The summed E-state index contributed by atoms with van der Waals surface area (Å²) in [5.41, 5.74) is 2.72. The van der Waals surface area contributed by atoms with Crippen molar-refractivity contribution in [3.8, 4) is 0 Å². The van der Waals surface area contributed by atoms with E-state index >= 15 is 0 Å². The van der Waals surface area contributed by atoms with E-state index in [1.807, 2.05) is 0 Å². The Hall–Kier alpha value is -1.10. The van der Waals surface area contributed by atoms with Gasteiger partial charge in [-0.05, 0) is 67.6 Å². The van der Waals surface area contributed by atoms with Crippen molar-refractivity contribution in [2.75, 3.05) is 0 Å². The van der Waals surface area contributed by atoms with E-state index in [-0.39, 0.29) is 5.92 Å². The molecule has 2 fully saturated rings. The Kier molecular flexibility index (Phi) is 8.40. The fourth-order valence-electron chi connectivity index (χ4n) is 5.40. The predicted octanol–water partition coefficient (Wildman–Crippen LogP) is 7.58. The molecule has 5 heteroatoms. The van der Waals surface area contributed by atoms with Crippen LogP contribution >= 0.6 is 0 Å². The highest BCUT2D eigenvalue weighted by molar-refractivity contribution is 6.64. The SMILES string of the molecule is CCC/C=C/[SiH]1CCC(C2CCC(c3cc(F)c(CC(F)F)c(F)c3)CC2)CC1. The van der Waals surface area contributed by atoms with Crippen LogP contribution in [0.25, 0.3) is 0 Å². The summed E-state index contributed by atoms with van der Waals surface area (Å²) in [6.07, 6.45) is 8.09. The first-order chi connectivity index (χ1) is 14.0. The monoisotopic (exact) mass is 426 g/mol. The molecule has 1 saturated heterocycles. The molecule has 1 heterocycles. The van der Waals surface area contributed by atoms with Crippen molar-refractivity contribution in [3.05, 3.63) is 46.7 Å². The van der Waals surface area contributed by atoms with Gasteiger partial charge in [-0.25, -0.2) is 17.6 Å². The van der Waals surface area contributed by atoms with Gasteiger partial charge in [0.2, 0.25) is 6.43 Å². The second-order valence-electron chi connectivity index (χ2n) is 9.06. The minimum Gasteiger partial charge on any atom is -0.210 e. The largest absolute Gasteiger partial charge is 0.242 e. The number of allylic oxidation sites excluding steroid dienone is 1. The third-order valence-electron chi connectivity index (χ3n) is 7.11. The van der Waals surface area contributed by atoms with E-state index < -0.39 is 38.8 Å². The van der Waals surface area contributed by atoms with Crippen molar-refractivity contribution >= 4 is 8.80 Å².